The first-order chi connectivity index (χ1) is 16.0. The van der Waals surface area contributed by atoms with E-state index in [0.717, 1.165) is 5.39 Å². The van der Waals surface area contributed by atoms with Crippen LogP contribution in [0.1, 0.15) is 31.1 Å². The number of methoxy groups -OCH3 is 1. The predicted molar refractivity (Wildman–Crippen MR) is 122 cm³/mol. The second-order valence-corrected chi connectivity index (χ2v) is 7.86. The van der Waals surface area contributed by atoms with Crippen molar-refractivity contribution in [3.8, 4) is 5.75 Å². The number of rotatable bonds is 7. The Bertz CT molecular complexity index is 1310. The SMILES string of the molecule is COc1ccc2c3c(cccc13)C(=O)N(CCNCCN1C(=O)C(=O)c3ccccc31)C2=O. The van der Waals surface area contributed by atoms with Gasteiger partial charge in [0.2, 0.25) is 0 Å². The van der Waals surface area contributed by atoms with Crippen LogP contribution in [0.2, 0.25) is 0 Å². The van der Waals surface area contributed by atoms with Gasteiger partial charge in [0.1, 0.15) is 5.75 Å². The van der Waals surface area contributed by atoms with Gasteiger partial charge < -0.3 is 15.0 Å². The van der Waals surface area contributed by atoms with E-state index in [1.54, 1.807) is 55.6 Å². The number of hydrogen-bond acceptors (Lipinski definition) is 6. The molecule has 3 aromatic rings. The number of carbonyl (C=O) groups is 4. The lowest BCUT2D eigenvalue weighted by Gasteiger charge is -2.27. The predicted octanol–water partition coefficient (Wildman–Crippen LogP) is 2.26. The van der Waals surface area contributed by atoms with Gasteiger partial charge in [-0.2, -0.15) is 0 Å². The minimum atomic E-state index is -0.542. The van der Waals surface area contributed by atoms with Crippen LogP contribution in [-0.4, -0.2) is 61.7 Å². The first kappa shape index (κ1) is 20.8. The molecular formula is C25H21N3O5. The van der Waals surface area contributed by atoms with Gasteiger partial charge in [0.15, 0.2) is 0 Å². The Morgan fingerprint density at radius 3 is 2.15 bits per heavy atom. The largest absolute Gasteiger partial charge is 0.496 e. The summed E-state index contributed by atoms with van der Waals surface area (Å²) in [5.74, 6) is -1.12. The third-order valence-corrected chi connectivity index (χ3v) is 6.07. The number of hydrogen-bond donors (Lipinski definition) is 1. The van der Waals surface area contributed by atoms with E-state index in [9.17, 15) is 19.2 Å². The quantitative estimate of drug-likeness (QED) is 0.342. The summed E-state index contributed by atoms with van der Waals surface area (Å²) in [7, 11) is 1.55. The monoisotopic (exact) mass is 443 g/mol. The molecule has 0 saturated heterocycles. The van der Waals surface area contributed by atoms with E-state index in [0.29, 0.717) is 53.1 Å². The van der Waals surface area contributed by atoms with Crippen molar-refractivity contribution in [2.75, 3.05) is 38.2 Å². The van der Waals surface area contributed by atoms with E-state index in [1.165, 1.54) is 9.80 Å². The first-order valence-corrected chi connectivity index (χ1v) is 10.6. The lowest BCUT2D eigenvalue weighted by Crippen LogP contribution is -2.44. The smallest absolute Gasteiger partial charge is 0.299 e. The Hall–Kier alpha value is -4.04. The highest BCUT2D eigenvalue weighted by molar-refractivity contribution is 6.52. The normalized spacial score (nSPS) is 14.9. The molecule has 0 unspecified atom stereocenters. The number of fused-ring (bicyclic) bond motifs is 1. The average Bonchev–Trinajstić information content (AvgIpc) is 3.08. The van der Waals surface area contributed by atoms with Crippen molar-refractivity contribution in [1.82, 2.24) is 10.2 Å². The summed E-state index contributed by atoms with van der Waals surface area (Å²) in [6.45, 7) is 1.26. The summed E-state index contributed by atoms with van der Waals surface area (Å²) in [4.78, 5) is 53.1. The van der Waals surface area contributed by atoms with Crippen molar-refractivity contribution in [3.63, 3.8) is 0 Å². The molecule has 2 aliphatic rings. The van der Waals surface area contributed by atoms with Gasteiger partial charge in [0.05, 0.1) is 18.4 Å². The minimum absolute atomic E-state index is 0.184. The standard InChI is InChI=1S/C25H21N3O5/c1-33-20-10-9-18-21-16(20)6-4-7-17(21)23(30)28(24(18)31)14-12-26-11-13-27-19-8-3-2-5-15(19)22(29)25(27)32/h2-10,26H,11-14H2,1H3. The van der Waals surface area contributed by atoms with Gasteiger partial charge in [0, 0.05) is 48.1 Å². The van der Waals surface area contributed by atoms with E-state index in [2.05, 4.69) is 5.32 Å². The summed E-state index contributed by atoms with van der Waals surface area (Å²) in [6.07, 6.45) is 0. The van der Waals surface area contributed by atoms with Crippen molar-refractivity contribution in [1.29, 1.82) is 0 Å². The molecule has 0 aliphatic carbocycles. The van der Waals surface area contributed by atoms with Crippen LogP contribution in [0.3, 0.4) is 0 Å². The molecule has 0 atom stereocenters. The van der Waals surface area contributed by atoms with Gasteiger partial charge in [-0.25, -0.2) is 0 Å². The number of amides is 3. The molecule has 0 spiro atoms. The van der Waals surface area contributed by atoms with Crippen molar-refractivity contribution in [2.24, 2.45) is 0 Å². The van der Waals surface area contributed by atoms with E-state index < -0.39 is 11.7 Å². The number of ether oxygens (including phenoxy) is 1. The molecule has 5 rings (SSSR count). The van der Waals surface area contributed by atoms with Crippen LogP contribution < -0.4 is 15.0 Å². The number of imide groups is 1. The molecule has 3 aromatic carbocycles. The van der Waals surface area contributed by atoms with Crippen molar-refractivity contribution >= 4 is 40.0 Å². The van der Waals surface area contributed by atoms with Crippen molar-refractivity contribution in [2.45, 2.75) is 0 Å². The second-order valence-electron chi connectivity index (χ2n) is 7.86. The molecule has 0 bridgehead atoms. The molecule has 1 N–H and O–H groups in total. The van der Waals surface area contributed by atoms with Crippen LogP contribution in [-0.2, 0) is 4.79 Å². The average molecular weight is 443 g/mol. The zero-order valence-electron chi connectivity index (χ0n) is 18.0. The highest BCUT2D eigenvalue weighted by atomic mass is 16.5. The molecular weight excluding hydrogens is 422 g/mol. The van der Waals surface area contributed by atoms with Gasteiger partial charge >= 0.3 is 0 Å². The molecule has 3 amide bonds. The summed E-state index contributed by atoms with van der Waals surface area (Å²) in [5, 5.41) is 4.51. The fraction of sp³-hybridized carbons (Fsp3) is 0.200. The van der Waals surface area contributed by atoms with Gasteiger partial charge in [-0.1, -0.05) is 24.3 Å². The fourth-order valence-corrected chi connectivity index (χ4v) is 4.48. The molecule has 0 saturated carbocycles. The van der Waals surface area contributed by atoms with E-state index in [-0.39, 0.29) is 18.4 Å². The number of carbonyl (C=O) groups excluding carboxylic acids is 4. The van der Waals surface area contributed by atoms with Crippen molar-refractivity contribution < 1.29 is 23.9 Å². The fourth-order valence-electron chi connectivity index (χ4n) is 4.48. The molecule has 2 heterocycles. The highest BCUT2D eigenvalue weighted by Gasteiger charge is 2.35. The number of para-hydroxylation sites is 1. The number of Topliss-reactive ketones (excluding diaryl/α,β-unsaturated/α-hetero) is 1. The summed E-state index contributed by atoms with van der Waals surface area (Å²) in [6, 6.07) is 15.7. The van der Waals surface area contributed by atoms with Gasteiger partial charge in [-0.05, 0) is 30.3 Å². The Balaban J connectivity index is 1.24. The maximum Gasteiger partial charge on any atom is 0.299 e. The summed E-state index contributed by atoms with van der Waals surface area (Å²) < 4.78 is 5.38. The van der Waals surface area contributed by atoms with Crippen LogP contribution in [0.25, 0.3) is 10.8 Å². The lowest BCUT2D eigenvalue weighted by atomic mass is 9.93. The third-order valence-electron chi connectivity index (χ3n) is 6.07. The van der Waals surface area contributed by atoms with E-state index >= 15 is 0 Å². The Kier molecular flexibility index (Phi) is 5.14. The highest BCUT2D eigenvalue weighted by Crippen LogP contribution is 2.35. The van der Waals surface area contributed by atoms with E-state index in [1.807, 2.05) is 6.07 Å². The van der Waals surface area contributed by atoms with E-state index in [4.69, 9.17) is 4.74 Å². The van der Waals surface area contributed by atoms with Gasteiger partial charge in [-0.3, -0.25) is 24.1 Å². The maximum atomic E-state index is 13.0. The Labute approximate surface area is 189 Å². The number of nitrogens with one attached hydrogen (secondary N) is 1. The third kappa shape index (κ3) is 3.27. The van der Waals surface area contributed by atoms with Crippen LogP contribution in [0.4, 0.5) is 5.69 Å². The molecule has 33 heavy (non-hydrogen) atoms. The number of ketones is 1. The zero-order chi connectivity index (χ0) is 23.1. The van der Waals surface area contributed by atoms with Gasteiger partial charge in [-0.15, -0.1) is 0 Å². The Morgan fingerprint density at radius 1 is 0.727 bits per heavy atom. The molecule has 0 aromatic heterocycles. The van der Waals surface area contributed by atoms with Crippen LogP contribution in [0.15, 0.2) is 54.6 Å². The number of nitrogens with zero attached hydrogens (tertiary/aromatic N) is 2. The molecule has 2 aliphatic heterocycles. The summed E-state index contributed by atoms with van der Waals surface area (Å²) in [5.41, 5.74) is 1.96. The number of anilines is 1. The van der Waals surface area contributed by atoms with Crippen molar-refractivity contribution in [3.05, 3.63) is 71.3 Å². The topological polar surface area (TPSA) is 96.0 Å². The summed E-state index contributed by atoms with van der Waals surface area (Å²) >= 11 is 0. The second kappa shape index (κ2) is 8.14. The van der Waals surface area contributed by atoms with Crippen LogP contribution in [0, 0.1) is 0 Å². The Morgan fingerprint density at radius 2 is 1.39 bits per heavy atom. The molecule has 8 nitrogen and oxygen atoms in total. The van der Waals surface area contributed by atoms with Gasteiger partial charge in [0.25, 0.3) is 23.5 Å². The zero-order valence-corrected chi connectivity index (χ0v) is 18.0. The molecule has 8 heteroatoms. The van der Waals surface area contributed by atoms with Crippen LogP contribution in [0.5, 0.6) is 5.75 Å². The molecule has 0 fully saturated rings. The number of benzene rings is 3. The van der Waals surface area contributed by atoms with Crippen LogP contribution >= 0.6 is 0 Å². The maximum absolute atomic E-state index is 13.0. The lowest BCUT2D eigenvalue weighted by molar-refractivity contribution is -0.114. The minimum Gasteiger partial charge on any atom is -0.496 e. The first-order valence-electron chi connectivity index (χ1n) is 10.6. The molecule has 0 radical (unpaired) electrons. The molecule has 166 valence electrons.